The van der Waals surface area contributed by atoms with Crippen LogP contribution in [0.25, 0.3) is 0 Å². The lowest BCUT2D eigenvalue weighted by Crippen LogP contribution is -2.32. The summed E-state index contributed by atoms with van der Waals surface area (Å²) in [7, 11) is 0. The maximum Gasteiger partial charge on any atom is 0.252 e. The van der Waals surface area contributed by atoms with Gasteiger partial charge in [-0.05, 0) is 37.7 Å². The van der Waals surface area contributed by atoms with Gasteiger partial charge in [-0.3, -0.25) is 4.79 Å². The Bertz CT molecular complexity index is 414. The molecule has 18 heavy (non-hydrogen) atoms. The number of thiophene rings is 1. The van der Waals surface area contributed by atoms with Gasteiger partial charge >= 0.3 is 0 Å². The standard InChI is InChI=1S/C14H21NO2S/c1-2-5-10(16)8-15-14(17)12-9-18-13-7-4-3-6-11(12)13/h9-10,16H,2-8H2,1H3,(H,15,17). The first kappa shape index (κ1) is 13.6. The van der Waals surface area contributed by atoms with Gasteiger partial charge in [0.1, 0.15) is 0 Å². The number of aryl methyl sites for hydroxylation is 1. The zero-order valence-electron chi connectivity index (χ0n) is 10.9. The highest BCUT2D eigenvalue weighted by Crippen LogP contribution is 2.30. The zero-order chi connectivity index (χ0) is 13.0. The topological polar surface area (TPSA) is 49.3 Å². The Morgan fingerprint density at radius 1 is 1.50 bits per heavy atom. The van der Waals surface area contributed by atoms with Crippen LogP contribution in [0.4, 0.5) is 0 Å². The second-order valence-electron chi connectivity index (χ2n) is 4.91. The molecule has 0 bridgehead atoms. The second-order valence-corrected chi connectivity index (χ2v) is 5.87. The number of hydrogen-bond donors (Lipinski definition) is 2. The van der Waals surface area contributed by atoms with E-state index in [2.05, 4.69) is 5.32 Å². The van der Waals surface area contributed by atoms with Crippen molar-refractivity contribution in [3.63, 3.8) is 0 Å². The lowest BCUT2D eigenvalue weighted by Gasteiger charge is -2.14. The van der Waals surface area contributed by atoms with Crippen molar-refractivity contribution < 1.29 is 9.90 Å². The molecule has 0 spiro atoms. The third-order valence-electron chi connectivity index (χ3n) is 3.43. The summed E-state index contributed by atoms with van der Waals surface area (Å²) in [4.78, 5) is 13.4. The predicted molar refractivity (Wildman–Crippen MR) is 74.2 cm³/mol. The van der Waals surface area contributed by atoms with E-state index < -0.39 is 6.10 Å². The molecule has 0 aliphatic heterocycles. The van der Waals surface area contributed by atoms with Crippen LogP contribution in [-0.4, -0.2) is 23.7 Å². The lowest BCUT2D eigenvalue weighted by atomic mass is 9.95. The Hall–Kier alpha value is -0.870. The van der Waals surface area contributed by atoms with Gasteiger partial charge in [-0.1, -0.05) is 13.3 Å². The fourth-order valence-corrected chi connectivity index (χ4v) is 3.55. The molecule has 1 aromatic heterocycles. The van der Waals surface area contributed by atoms with Gasteiger partial charge in [0.05, 0.1) is 11.7 Å². The van der Waals surface area contributed by atoms with E-state index in [-0.39, 0.29) is 5.91 Å². The molecule has 3 nitrogen and oxygen atoms in total. The first-order valence-corrected chi connectivity index (χ1v) is 7.65. The molecule has 0 saturated heterocycles. The number of amides is 1. The first-order chi connectivity index (χ1) is 8.72. The van der Waals surface area contributed by atoms with Gasteiger partial charge in [0.25, 0.3) is 5.91 Å². The van der Waals surface area contributed by atoms with E-state index in [0.717, 1.165) is 31.2 Å². The van der Waals surface area contributed by atoms with Crippen LogP contribution < -0.4 is 5.32 Å². The molecule has 2 rings (SSSR count). The maximum atomic E-state index is 12.1. The Balaban J connectivity index is 1.95. The van der Waals surface area contributed by atoms with Crippen LogP contribution in [-0.2, 0) is 12.8 Å². The van der Waals surface area contributed by atoms with Crippen molar-refractivity contribution in [1.29, 1.82) is 0 Å². The van der Waals surface area contributed by atoms with Crippen LogP contribution in [0.1, 0.15) is 53.4 Å². The van der Waals surface area contributed by atoms with Crippen molar-refractivity contribution in [3.05, 3.63) is 21.4 Å². The van der Waals surface area contributed by atoms with Crippen LogP contribution in [0, 0.1) is 0 Å². The number of carbonyl (C=O) groups is 1. The maximum absolute atomic E-state index is 12.1. The summed E-state index contributed by atoms with van der Waals surface area (Å²) >= 11 is 1.70. The van der Waals surface area contributed by atoms with Gasteiger partial charge in [-0.15, -0.1) is 11.3 Å². The third kappa shape index (κ3) is 3.12. The Kier molecular flexibility index (Phi) is 4.78. The molecule has 1 amide bonds. The summed E-state index contributed by atoms with van der Waals surface area (Å²) in [5.74, 6) is -0.0236. The highest BCUT2D eigenvalue weighted by Gasteiger charge is 2.20. The van der Waals surface area contributed by atoms with Crippen molar-refractivity contribution in [1.82, 2.24) is 5.32 Å². The van der Waals surface area contributed by atoms with E-state index in [4.69, 9.17) is 0 Å². The van der Waals surface area contributed by atoms with Gasteiger partial charge in [-0.25, -0.2) is 0 Å². The van der Waals surface area contributed by atoms with E-state index in [0.29, 0.717) is 6.54 Å². The van der Waals surface area contributed by atoms with Gasteiger partial charge in [0.15, 0.2) is 0 Å². The van der Waals surface area contributed by atoms with Gasteiger partial charge in [0, 0.05) is 16.8 Å². The van der Waals surface area contributed by atoms with E-state index in [1.807, 2.05) is 12.3 Å². The monoisotopic (exact) mass is 267 g/mol. The molecule has 0 saturated carbocycles. The Labute approximate surface area is 112 Å². The normalized spacial score (nSPS) is 16.1. The molecule has 100 valence electrons. The van der Waals surface area contributed by atoms with Crippen LogP contribution in [0.15, 0.2) is 5.38 Å². The van der Waals surface area contributed by atoms with Gasteiger partial charge in [-0.2, -0.15) is 0 Å². The molecule has 1 aliphatic carbocycles. The third-order valence-corrected chi connectivity index (χ3v) is 4.51. The van der Waals surface area contributed by atoms with Crippen molar-refractivity contribution >= 4 is 17.2 Å². The minimum absolute atomic E-state index is 0.0236. The fraction of sp³-hybridized carbons (Fsp3) is 0.643. The SMILES string of the molecule is CCCC(O)CNC(=O)c1csc2c1CCCC2. The summed E-state index contributed by atoms with van der Waals surface area (Å²) in [5, 5.41) is 14.4. The smallest absolute Gasteiger partial charge is 0.252 e. The summed E-state index contributed by atoms with van der Waals surface area (Å²) in [5.41, 5.74) is 2.08. The number of nitrogens with one attached hydrogen (secondary N) is 1. The number of carbonyl (C=O) groups excluding carboxylic acids is 1. The first-order valence-electron chi connectivity index (χ1n) is 6.78. The van der Waals surface area contributed by atoms with Crippen molar-refractivity contribution in [2.24, 2.45) is 0 Å². The molecular weight excluding hydrogens is 246 g/mol. The summed E-state index contributed by atoms with van der Waals surface area (Å²) in [6.45, 7) is 2.39. The van der Waals surface area contributed by atoms with E-state index in [1.165, 1.54) is 23.3 Å². The largest absolute Gasteiger partial charge is 0.391 e. The highest BCUT2D eigenvalue weighted by atomic mass is 32.1. The molecule has 0 fully saturated rings. The van der Waals surface area contributed by atoms with Crippen molar-refractivity contribution in [2.75, 3.05) is 6.54 Å². The average molecular weight is 267 g/mol. The number of hydrogen-bond acceptors (Lipinski definition) is 3. The van der Waals surface area contributed by atoms with Crippen LogP contribution in [0.5, 0.6) is 0 Å². The fourth-order valence-electron chi connectivity index (χ4n) is 2.43. The predicted octanol–water partition coefficient (Wildman–Crippen LogP) is 2.52. The summed E-state index contributed by atoms with van der Waals surface area (Å²) in [6.07, 6.45) is 5.82. The molecule has 0 radical (unpaired) electrons. The minimum atomic E-state index is -0.423. The Morgan fingerprint density at radius 2 is 2.28 bits per heavy atom. The van der Waals surface area contributed by atoms with E-state index >= 15 is 0 Å². The minimum Gasteiger partial charge on any atom is -0.391 e. The molecular formula is C14H21NO2S. The van der Waals surface area contributed by atoms with Gasteiger partial charge < -0.3 is 10.4 Å². The molecule has 2 N–H and O–H groups in total. The number of fused-ring (bicyclic) bond motifs is 1. The molecule has 0 aromatic carbocycles. The van der Waals surface area contributed by atoms with Crippen molar-refractivity contribution in [3.8, 4) is 0 Å². The lowest BCUT2D eigenvalue weighted by molar-refractivity contribution is 0.0909. The molecule has 1 atom stereocenters. The quantitative estimate of drug-likeness (QED) is 0.861. The van der Waals surface area contributed by atoms with Gasteiger partial charge in [0.2, 0.25) is 0 Å². The molecule has 4 heteroatoms. The van der Waals surface area contributed by atoms with Crippen LogP contribution in [0.2, 0.25) is 0 Å². The number of rotatable bonds is 5. The molecule has 1 heterocycles. The summed E-state index contributed by atoms with van der Waals surface area (Å²) < 4.78 is 0. The number of aliphatic hydroxyl groups excluding tert-OH is 1. The van der Waals surface area contributed by atoms with E-state index in [9.17, 15) is 9.90 Å². The Morgan fingerprint density at radius 3 is 3.06 bits per heavy atom. The average Bonchev–Trinajstić information content (AvgIpc) is 2.80. The van der Waals surface area contributed by atoms with Crippen molar-refractivity contribution in [2.45, 2.75) is 51.6 Å². The van der Waals surface area contributed by atoms with E-state index in [1.54, 1.807) is 11.3 Å². The second kappa shape index (κ2) is 6.34. The highest BCUT2D eigenvalue weighted by molar-refractivity contribution is 7.10. The number of aliphatic hydroxyl groups is 1. The van der Waals surface area contributed by atoms with Crippen LogP contribution >= 0.6 is 11.3 Å². The summed E-state index contributed by atoms with van der Waals surface area (Å²) in [6, 6.07) is 0. The molecule has 1 aliphatic rings. The molecule has 1 unspecified atom stereocenters. The molecule has 1 aromatic rings. The zero-order valence-corrected chi connectivity index (χ0v) is 11.7. The van der Waals surface area contributed by atoms with Crippen LogP contribution in [0.3, 0.4) is 0 Å².